The molecule has 0 saturated heterocycles. The normalized spacial score (nSPS) is 24.7. The van der Waals surface area contributed by atoms with E-state index in [0.717, 1.165) is 23.3 Å². The summed E-state index contributed by atoms with van der Waals surface area (Å²) in [6, 6.07) is 5.21. The fraction of sp³-hybridized carbons (Fsp3) is 0.625. The van der Waals surface area contributed by atoms with Crippen LogP contribution in [0.5, 0.6) is 5.75 Å². The van der Waals surface area contributed by atoms with Gasteiger partial charge in [0.2, 0.25) is 0 Å². The maximum Gasteiger partial charge on any atom is 0.391 e. The van der Waals surface area contributed by atoms with Gasteiger partial charge < -0.3 is 10.5 Å². The lowest BCUT2D eigenvalue weighted by Gasteiger charge is -2.34. The Kier molecular flexibility index (Phi) is 4.81. The molecule has 21 heavy (non-hydrogen) atoms. The molecular weight excluding hydrogens is 279 g/mol. The molecule has 5 heteroatoms. The van der Waals surface area contributed by atoms with Crippen molar-refractivity contribution in [3.8, 4) is 5.75 Å². The van der Waals surface area contributed by atoms with Crippen LogP contribution in [0.25, 0.3) is 0 Å². The lowest BCUT2D eigenvalue weighted by molar-refractivity contribution is -0.186. The molecule has 1 aliphatic carbocycles. The third kappa shape index (κ3) is 3.70. The van der Waals surface area contributed by atoms with Crippen LogP contribution in [0.1, 0.15) is 42.9 Å². The van der Waals surface area contributed by atoms with Crippen molar-refractivity contribution in [3.05, 3.63) is 29.3 Å². The quantitative estimate of drug-likeness (QED) is 0.899. The molecule has 0 radical (unpaired) electrons. The molecule has 0 aromatic heterocycles. The van der Waals surface area contributed by atoms with E-state index in [2.05, 4.69) is 0 Å². The molecule has 0 aliphatic heterocycles. The molecule has 1 aliphatic rings. The lowest BCUT2D eigenvalue weighted by atomic mass is 9.75. The third-order valence-electron chi connectivity index (χ3n) is 4.52. The Balaban J connectivity index is 2.14. The SMILES string of the molecule is COc1ccc(C(N)C2CCCC(C(F)(F)F)C2)c(C)c1. The van der Waals surface area contributed by atoms with E-state index in [0.29, 0.717) is 6.42 Å². The van der Waals surface area contributed by atoms with Crippen LogP contribution in [0, 0.1) is 18.8 Å². The van der Waals surface area contributed by atoms with Crippen molar-refractivity contribution < 1.29 is 17.9 Å². The highest BCUT2D eigenvalue weighted by Gasteiger charge is 2.43. The molecule has 3 atom stereocenters. The van der Waals surface area contributed by atoms with Gasteiger partial charge in [-0.1, -0.05) is 12.5 Å². The van der Waals surface area contributed by atoms with Gasteiger partial charge in [0.15, 0.2) is 0 Å². The summed E-state index contributed by atoms with van der Waals surface area (Å²) < 4.78 is 43.9. The topological polar surface area (TPSA) is 35.2 Å². The van der Waals surface area contributed by atoms with Gasteiger partial charge in [0.25, 0.3) is 0 Å². The van der Waals surface area contributed by atoms with Crippen molar-refractivity contribution in [1.82, 2.24) is 0 Å². The van der Waals surface area contributed by atoms with E-state index in [1.807, 2.05) is 25.1 Å². The largest absolute Gasteiger partial charge is 0.497 e. The molecule has 0 amide bonds. The fourth-order valence-electron chi connectivity index (χ4n) is 3.25. The zero-order chi connectivity index (χ0) is 15.6. The van der Waals surface area contributed by atoms with E-state index in [1.54, 1.807) is 7.11 Å². The Morgan fingerprint density at radius 3 is 2.57 bits per heavy atom. The number of ether oxygens (including phenoxy) is 1. The van der Waals surface area contributed by atoms with Crippen molar-refractivity contribution in [2.75, 3.05) is 7.11 Å². The average molecular weight is 301 g/mol. The Morgan fingerprint density at radius 1 is 1.29 bits per heavy atom. The Bertz CT molecular complexity index is 487. The van der Waals surface area contributed by atoms with E-state index >= 15 is 0 Å². The third-order valence-corrected chi connectivity index (χ3v) is 4.52. The summed E-state index contributed by atoms with van der Waals surface area (Å²) in [6.07, 6.45) is -2.38. The van der Waals surface area contributed by atoms with E-state index in [9.17, 15) is 13.2 Å². The standard InChI is InChI=1S/C16H22F3NO/c1-10-8-13(21-2)6-7-14(10)15(20)11-4-3-5-12(9-11)16(17,18)19/h6-8,11-12,15H,3-5,9,20H2,1-2H3. The molecule has 118 valence electrons. The summed E-state index contributed by atoms with van der Waals surface area (Å²) >= 11 is 0. The van der Waals surface area contributed by atoms with Crippen molar-refractivity contribution in [3.63, 3.8) is 0 Å². The van der Waals surface area contributed by atoms with Gasteiger partial charge in [-0.15, -0.1) is 0 Å². The van der Waals surface area contributed by atoms with Crippen LogP contribution in [-0.4, -0.2) is 13.3 Å². The first kappa shape index (κ1) is 16.1. The number of methoxy groups -OCH3 is 1. The summed E-state index contributed by atoms with van der Waals surface area (Å²) in [4.78, 5) is 0. The molecule has 0 bridgehead atoms. The van der Waals surface area contributed by atoms with Crippen LogP contribution >= 0.6 is 0 Å². The minimum Gasteiger partial charge on any atom is -0.497 e. The molecule has 0 heterocycles. The number of rotatable bonds is 3. The summed E-state index contributed by atoms with van der Waals surface area (Å²) in [6.45, 7) is 1.92. The zero-order valence-electron chi connectivity index (χ0n) is 12.4. The van der Waals surface area contributed by atoms with Gasteiger partial charge >= 0.3 is 6.18 Å². The van der Waals surface area contributed by atoms with Gasteiger partial charge in [-0.05, 0) is 55.4 Å². The number of nitrogens with two attached hydrogens (primary N) is 1. The molecule has 2 N–H and O–H groups in total. The number of halogens is 3. The van der Waals surface area contributed by atoms with Gasteiger partial charge in [0, 0.05) is 6.04 Å². The number of hydrogen-bond donors (Lipinski definition) is 1. The molecule has 3 unspecified atom stereocenters. The molecular formula is C16H22F3NO. The minimum atomic E-state index is -4.10. The molecule has 2 rings (SSSR count). The predicted molar refractivity (Wildman–Crippen MR) is 76.2 cm³/mol. The van der Waals surface area contributed by atoms with Crippen LogP contribution in [0.15, 0.2) is 18.2 Å². The van der Waals surface area contributed by atoms with Gasteiger partial charge in [-0.25, -0.2) is 0 Å². The molecule has 1 fully saturated rings. The average Bonchev–Trinajstić information content (AvgIpc) is 2.45. The molecule has 2 nitrogen and oxygen atoms in total. The van der Waals surface area contributed by atoms with Crippen LogP contribution in [0.2, 0.25) is 0 Å². The Morgan fingerprint density at radius 2 is 2.00 bits per heavy atom. The van der Waals surface area contributed by atoms with Crippen molar-refractivity contribution in [2.24, 2.45) is 17.6 Å². The lowest BCUT2D eigenvalue weighted by Crippen LogP contribution is -2.33. The molecule has 1 aromatic carbocycles. The van der Waals surface area contributed by atoms with E-state index in [4.69, 9.17) is 10.5 Å². The molecule has 1 saturated carbocycles. The number of aryl methyl sites for hydroxylation is 1. The first-order valence-electron chi connectivity index (χ1n) is 7.29. The van der Waals surface area contributed by atoms with Crippen molar-refractivity contribution >= 4 is 0 Å². The zero-order valence-corrected chi connectivity index (χ0v) is 12.4. The van der Waals surface area contributed by atoms with Crippen LogP contribution in [-0.2, 0) is 0 Å². The van der Waals surface area contributed by atoms with Crippen molar-refractivity contribution in [2.45, 2.75) is 44.8 Å². The summed E-state index contributed by atoms with van der Waals surface area (Å²) in [5.41, 5.74) is 8.15. The van der Waals surface area contributed by atoms with E-state index in [1.165, 1.54) is 0 Å². The minimum absolute atomic E-state index is 0.113. The van der Waals surface area contributed by atoms with Gasteiger partial charge in [0.1, 0.15) is 5.75 Å². The maximum absolute atomic E-state index is 12.9. The number of benzene rings is 1. The summed E-state index contributed by atoms with van der Waals surface area (Å²) in [5, 5.41) is 0. The highest BCUT2D eigenvalue weighted by molar-refractivity contribution is 5.36. The predicted octanol–water partition coefficient (Wildman–Crippen LogP) is 4.37. The van der Waals surface area contributed by atoms with E-state index < -0.39 is 12.1 Å². The Labute approximate surface area is 123 Å². The van der Waals surface area contributed by atoms with Gasteiger partial charge in [-0.2, -0.15) is 13.2 Å². The molecule has 0 spiro atoms. The second-order valence-corrected chi connectivity index (χ2v) is 5.91. The Hall–Kier alpha value is -1.23. The summed E-state index contributed by atoms with van der Waals surface area (Å²) in [5.74, 6) is -0.585. The summed E-state index contributed by atoms with van der Waals surface area (Å²) in [7, 11) is 1.59. The number of alkyl halides is 3. The van der Waals surface area contributed by atoms with Crippen LogP contribution < -0.4 is 10.5 Å². The second-order valence-electron chi connectivity index (χ2n) is 5.91. The maximum atomic E-state index is 12.9. The monoisotopic (exact) mass is 301 g/mol. The second kappa shape index (κ2) is 6.26. The van der Waals surface area contributed by atoms with Gasteiger partial charge in [0.05, 0.1) is 13.0 Å². The van der Waals surface area contributed by atoms with Crippen LogP contribution in [0.4, 0.5) is 13.2 Å². The highest BCUT2D eigenvalue weighted by atomic mass is 19.4. The van der Waals surface area contributed by atoms with E-state index in [-0.39, 0.29) is 24.8 Å². The smallest absolute Gasteiger partial charge is 0.391 e. The van der Waals surface area contributed by atoms with Crippen molar-refractivity contribution in [1.29, 1.82) is 0 Å². The first-order valence-corrected chi connectivity index (χ1v) is 7.29. The van der Waals surface area contributed by atoms with Gasteiger partial charge in [-0.3, -0.25) is 0 Å². The fourth-order valence-corrected chi connectivity index (χ4v) is 3.25. The van der Waals surface area contributed by atoms with Crippen LogP contribution in [0.3, 0.4) is 0 Å². The highest BCUT2D eigenvalue weighted by Crippen LogP contribution is 2.43. The molecule has 1 aromatic rings. The number of hydrogen-bond acceptors (Lipinski definition) is 2. The first-order chi connectivity index (χ1) is 9.82.